The van der Waals surface area contributed by atoms with Gasteiger partial charge in [0.05, 0.1) is 0 Å². The molecule has 0 spiro atoms. The van der Waals surface area contributed by atoms with Crippen molar-refractivity contribution in [2.75, 3.05) is 13.1 Å². The fourth-order valence-corrected chi connectivity index (χ4v) is 2.81. The molecule has 1 heteroatoms. The molecule has 0 aliphatic carbocycles. The maximum atomic E-state index is 2.61. The van der Waals surface area contributed by atoms with E-state index in [0.29, 0.717) is 0 Å². The molecule has 0 radical (unpaired) electrons. The Morgan fingerprint density at radius 1 is 1.18 bits per heavy atom. The van der Waals surface area contributed by atoms with E-state index >= 15 is 0 Å². The Morgan fingerprint density at radius 3 is 2.41 bits per heavy atom. The first-order valence-corrected chi connectivity index (χ1v) is 6.93. The molecule has 0 amide bonds. The summed E-state index contributed by atoms with van der Waals surface area (Å²) in [6.45, 7) is 10.6. The Balaban J connectivity index is 1.88. The molecule has 0 atom stereocenters. The number of nitrogens with zero attached hydrogens (tertiary/aromatic N) is 1. The second kappa shape index (κ2) is 5.68. The summed E-state index contributed by atoms with van der Waals surface area (Å²) < 4.78 is 0. The van der Waals surface area contributed by atoms with Crippen molar-refractivity contribution < 1.29 is 0 Å². The van der Waals surface area contributed by atoms with Crippen LogP contribution in [0.1, 0.15) is 37.8 Å². The number of hydrogen-bond acceptors (Lipinski definition) is 1. The highest BCUT2D eigenvalue weighted by molar-refractivity contribution is 5.25. The molecule has 1 aromatic rings. The third kappa shape index (κ3) is 3.32. The van der Waals surface area contributed by atoms with Crippen molar-refractivity contribution >= 4 is 0 Å². The lowest BCUT2D eigenvalue weighted by molar-refractivity contribution is 0.152. The van der Waals surface area contributed by atoms with E-state index in [9.17, 15) is 0 Å². The van der Waals surface area contributed by atoms with E-state index < -0.39 is 0 Å². The topological polar surface area (TPSA) is 3.24 Å². The van der Waals surface area contributed by atoms with Gasteiger partial charge in [0.15, 0.2) is 0 Å². The van der Waals surface area contributed by atoms with Crippen LogP contribution in [0.5, 0.6) is 0 Å². The van der Waals surface area contributed by atoms with Crippen molar-refractivity contribution in [2.45, 2.75) is 40.2 Å². The van der Waals surface area contributed by atoms with Crippen LogP contribution >= 0.6 is 0 Å². The molecule has 0 saturated carbocycles. The zero-order chi connectivity index (χ0) is 12.3. The number of rotatable bonds is 3. The number of aryl methyl sites for hydroxylation is 1. The standard InChI is InChI=1S/C16H25N/c1-13(2)15-8-10-17(11-9-15)12-16-7-5-4-6-14(16)3/h4-7,13,15H,8-12H2,1-3H3. The molecule has 0 N–H and O–H groups in total. The van der Waals surface area contributed by atoms with Crippen LogP contribution in [0.4, 0.5) is 0 Å². The van der Waals surface area contributed by atoms with Gasteiger partial charge in [0.25, 0.3) is 0 Å². The molecule has 1 aliphatic heterocycles. The van der Waals surface area contributed by atoms with Gasteiger partial charge in [-0.25, -0.2) is 0 Å². The van der Waals surface area contributed by atoms with E-state index in [0.717, 1.165) is 18.4 Å². The van der Waals surface area contributed by atoms with Crippen LogP contribution in [0.2, 0.25) is 0 Å². The minimum atomic E-state index is 0.857. The van der Waals surface area contributed by atoms with Crippen LogP contribution in [-0.2, 0) is 6.54 Å². The highest BCUT2D eigenvalue weighted by Crippen LogP contribution is 2.25. The molecule has 1 saturated heterocycles. The average Bonchev–Trinajstić information content (AvgIpc) is 2.33. The Bertz CT molecular complexity index is 348. The Morgan fingerprint density at radius 2 is 1.82 bits per heavy atom. The molecule has 94 valence electrons. The van der Waals surface area contributed by atoms with Crippen molar-refractivity contribution in [1.29, 1.82) is 0 Å². The summed E-state index contributed by atoms with van der Waals surface area (Å²) in [5, 5.41) is 0. The first kappa shape index (κ1) is 12.6. The first-order valence-electron chi connectivity index (χ1n) is 6.93. The van der Waals surface area contributed by atoms with Crippen molar-refractivity contribution in [3.63, 3.8) is 0 Å². The average molecular weight is 231 g/mol. The zero-order valence-electron chi connectivity index (χ0n) is 11.4. The first-order chi connectivity index (χ1) is 8.16. The molecular weight excluding hydrogens is 206 g/mol. The van der Waals surface area contributed by atoms with Crippen LogP contribution in [0.15, 0.2) is 24.3 Å². The van der Waals surface area contributed by atoms with Gasteiger partial charge >= 0.3 is 0 Å². The maximum absolute atomic E-state index is 2.61. The van der Waals surface area contributed by atoms with Crippen LogP contribution in [0.25, 0.3) is 0 Å². The molecule has 1 aliphatic rings. The number of benzene rings is 1. The summed E-state index contributed by atoms with van der Waals surface area (Å²) >= 11 is 0. The van der Waals surface area contributed by atoms with E-state index in [4.69, 9.17) is 0 Å². The molecule has 17 heavy (non-hydrogen) atoms. The van der Waals surface area contributed by atoms with Gasteiger partial charge in [-0.1, -0.05) is 38.1 Å². The predicted molar refractivity (Wildman–Crippen MR) is 74.0 cm³/mol. The van der Waals surface area contributed by atoms with Gasteiger partial charge < -0.3 is 0 Å². The molecule has 1 nitrogen and oxygen atoms in total. The molecule has 1 aromatic carbocycles. The van der Waals surface area contributed by atoms with Gasteiger partial charge in [0.2, 0.25) is 0 Å². The maximum Gasteiger partial charge on any atom is 0.0236 e. The van der Waals surface area contributed by atoms with Gasteiger partial charge in [-0.3, -0.25) is 4.90 Å². The molecular formula is C16H25N. The minimum absolute atomic E-state index is 0.857. The highest BCUT2D eigenvalue weighted by Gasteiger charge is 2.21. The van der Waals surface area contributed by atoms with E-state index in [2.05, 4.69) is 49.9 Å². The van der Waals surface area contributed by atoms with E-state index in [1.165, 1.54) is 37.1 Å². The summed E-state index contributed by atoms with van der Waals surface area (Å²) in [5.74, 6) is 1.80. The summed E-state index contributed by atoms with van der Waals surface area (Å²) in [5.41, 5.74) is 2.92. The lowest BCUT2D eigenvalue weighted by Gasteiger charge is -2.34. The smallest absolute Gasteiger partial charge is 0.0236 e. The minimum Gasteiger partial charge on any atom is -0.299 e. The second-order valence-corrected chi connectivity index (χ2v) is 5.78. The van der Waals surface area contributed by atoms with Crippen molar-refractivity contribution in [3.05, 3.63) is 35.4 Å². The van der Waals surface area contributed by atoms with Crippen LogP contribution in [-0.4, -0.2) is 18.0 Å². The molecule has 1 fully saturated rings. The molecule has 1 heterocycles. The van der Waals surface area contributed by atoms with Crippen LogP contribution in [0.3, 0.4) is 0 Å². The third-order valence-corrected chi connectivity index (χ3v) is 4.23. The largest absolute Gasteiger partial charge is 0.299 e. The Labute approximate surface area is 106 Å². The van der Waals surface area contributed by atoms with Gasteiger partial charge in [0.1, 0.15) is 0 Å². The van der Waals surface area contributed by atoms with Gasteiger partial charge in [0, 0.05) is 6.54 Å². The van der Waals surface area contributed by atoms with Crippen molar-refractivity contribution in [3.8, 4) is 0 Å². The monoisotopic (exact) mass is 231 g/mol. The van der Waals surface area contributed by atoms with Crippen LogP contribution < -0.4 is 0 Å². The fraction of sp³-hybridized carbons (Fsp3) is 0.625. The number of likely N-dealkylation sites (tertiary alicyclic amines) is 1. The highest BCUT2D eigenvalue weighted by atomic mass is 15.1. The fourth-order valence-electron chi connectivity index (χ4n) is 2.81. The molecule has 0 aromatic heterocycles. The molecule has 0 unspecified atom stereocenters. The van der Waals surface area contributed by atoms with E-state index in [-0.39, 0.29) is 0 Å². The predicted octanol–water partition coefficient (Wildman–Crippen LogP) is 3.86. The van der Waals surface area contributed by atoms with Gasteiger partial charge in [-0.15, -0.1) is 0 Å². The third-order valence-electron chi connectivity index (χ3n) is 4.23. The lowest BCUT2D eigenvalue weighted by Crippen LogP contribution is -2.34. The summed E-state index contributed by atoms with van der Waals surface area (Å²) in [4.78, 5) is 2.61. The second-order valence-electron chi connectivity index (χ2n) is 5.78. The summed E-state index contributed by atoms with van der Waals surface area (Å²) in [6.07, 6.45) is 2.76. The SMILES string of the molecule is Cc1ccccc1CN1CCC(C(C)C)CC1. The Kier molecular flexibility index (Phi) is 4.22. The lowest BCUT2D eigenvalue weighted by atomic mass is 9.86. The number of hydrogen-bond donors (Lipinski definition) is 0. The molecule has 0 bridgehead atoms. The number of piperidine rings is 1. The van der Waals surface area contributed by atoms with Gasteiger partial charge in [-0.05, 0) is 55.8 Å². The quantitative estimate of drug-likeness (QED) is 0.763. The van der Waals surface area contributed by atoms with Crippen LogP contribution in [0, 0.1) is 18.8 Å². The Hall–Kier alpha value is -0.820. The summed E-state index contributed by atoms with van der Waals surface area (Å²) in [6, 6.07) is 8.77. The summed E-state index contributed by atoms with van der Waals surface area (Å²) in [7, 11) is 0. The van der Waals surface area contributed by atoms with Crippen molar-refractivity contribution in [1.82, 2.24) is 4.90 Å². The van der Waals surface area contributed by atoms with E-state index in [1.54, 1.807) is 0 Å². The van der Waals surface area contributed by atoms with Gasteiger partial charge in [-0.2, -0.15) is 0 Å². The van der Waals surface area contributed by atoms with E-state index in [1.807, 2.05) is 0 Å². The molecule has 2 rings (SSSR count). The normalized spacial score (nSPS) is 18.8. The zero-order valence-corrected chi connectivity index (χ0v) is 11.4. The van der Waals surface area contributed by atoms with Crippen molar-refractivity contribution in [2.24, 2.45) is 11.8 Å².